The van der Waals surface area contributed by atoms with E-state index in [1.54, 1.807) is 13.8 Å². The van der Waals surface area contributed by atoms with Gasteiger partial charge in [0.15, 0.2) is 24.1 Å². The molecule has 0 radical (unpaired) electrons. The Balaban J connectivity index is 1.97. The van der Waals surface area contributed by atoms with Crippen molar-refractivity contribution in [1.82, 2.24) is 4.98 Å². The van der Waals surface area contributed by atoms with E-state index in [9.17, 15) is 22.8 Å². The molecule has 0 aliphatic rings. The first-order valence-corrected chi connectivity index (χ1v) is 7.15. The lowest BCUT2D eigenvalue weighted by molar-refractivity contribution is -0.119. The van der Waals surface area contributed by atoms with Crippen molar-refractivity contribution in [3.05, 3.63) is 45.2 Å². The lowest BCUT2D eigenvalue weighted by atomic mass is 10.3. The third-order valence-corrected chi connectivity index (χ3v) is 3.79. The molecule has 5 nitrogen and oxygen atoms in total. The second kappa shape index (κ2) is 6.78. The van der Waals surface area contributed by atoms with E-state index in [-0.39, 0.29) is 4.88 Å². The molecule has 0 bridgehead atoms. The predicted octanol–water partition coefficient (Wildman–Crippen LogP) is 2.97. The zero-order valence-electron chi connectivity index (χ0n) is 12.1. The summed E-state index contributed by atoms with van der Waals surface area (Å²) in [5, 5.41) is 2.66. The minimum absolute atomic E-state index is 0.259. The molecule has 0 saturated carbocycles. The summed E-state index contributed by atoms with van der Waals surface area (Å²) in [7, 11) is 0. The van der Waals surface area contributed by atoms with Gasteiger partial charge in [-0.2, -0.15) is 0 Å². The van der Waals surface area contributed by atoms with Crippen LogP contribution in [0.15, 0.2) is 12.1 Å². The fourth-order valence-electron chi connectivity index (χ4n) is 1.73. The molecule has 0 aliphatic carbocycles. The van der Waals surface area contributed by atoms with Crippen LogP contribution in [0.1, 0.15) is 20.4 Å². The standard InChI is InChI=1S/C14H11F3N2O3S/c1-6-13(23-7(2)18-6)14(21)22-5-10(20)19-9-4-3-8(15)11(16)12(9)17/h3-4H,5H2,1-2H3,(H,19,20). The average molecular weight is 344 g/mol. The summed E-state index contributed by atoms with van der Waals surface area (Å²) < 4.78 is 44.0. The Kier molecular flexibility index (Phi) is 4.99. The highest BCUT2D eigenvalue weighted by Crippen LogP contribution is 2.20. The second-order valence-corrected chi connectivity index (χ2v) is 5.70. The first-order valence-electron chi connectivity index (χ1n) is 6.34. The maximum absolute atomic E-state index is 13.4. The van der Waals surface area contributed by atoms with Gasteiger partial charge in [-0.25, -0.2) is 22.9 Å². The number of hydrogen-bond acceptors (Lipinski definition) is 5. The number of aryl methyl sites for hydroxylation is 2. The Bertz CT molecular complexity index is 777. The van der Waals surface area contributed by atoms with E-state index in [0.717, 1.165) is 17.4 Å². The summed E-state index contributed by atoms with van der Waals surface area (Å²) in [6, 6.07) is 1.54. The summed E-state index contributed by atoms with van der Waals surface area (Å²) in [5.41, 5.74) is -0.0701. The number of halogens is 3. The van der Waals surface area contributed by atoms with Crippen LogP contribution in [0, 0.1) is 31.3 Å². The van der Waals surface area contributed by atoms with Gasteiger partial charge in [0.1, 0.15) is 4.88 Å². The highest BCUT2D eigenvalue weighted by atomic mass is 32.1. The number of nitrogens with one attached hydrogen (secondary N) is 1. The summed E-state index contributed by atoms with van der Waals surface area (Å²) in [6.07, 6.45) is 0. The molecule has 1 aromatic heterocycles. The first-order chi connectivity index (χ1) is 10.8. The average Bonchev–Trinajstić information content (AvgIpc) is 2.84. The predicted molar refractivity (Wildman–Crippen MR) is 76.8 cm³/mol. The largest absolute Gasteiger partial charge is 0.451 e. The topological polar surface area (TPSA) is 68.3 Å². The minimum Gasteiger partial charge on any atom is -0.451 e. The van der Waals surface area contributed by atoms with Gasteiger partial charge < -0.3 is 10.1 Å². The number of aromatic nitrogens is 1. The van der Waals surface area contributed by atoms with Gasteiger partial charge in [0.2, 0.25) is 0 Å². The van der Waals surface area contributed by atoms with Crippen molar-refractivity contribution in [3.8, 4) is 0 Å². The van der Waals surface area contributed by atoms with Crippen LogP contribution in [0.3, 0.4) is 0 Å². The fraction of sp³-hybridized carbons (Fsp3) is 0.214. The number of carbonyl (C=O) groups is 2. The molecule has 0 spiro atoms. The molecule has 0 fully saturated rings. The number of carbonyl (C=O) groups excluding carboxylic acids is 2. The Morgan fingerprint density at radius 3 is 2.52 bits per heavy atom. The molecule has 9 heteroatoms. The van der Waals surface area contributed by atoms with E-state index in [2.05, 4.69) is 4.98 Å². The second-order valence-electron chi connectivity index (χ2n) is 4.49. The SMILES string of the molecule is Cc1nc(C)c(C(=O)OCC(=O)Nc2ccc(F)c(F)c2F)s1. The van der Waals surface area contributed by atoms with E-state index < -0.39 is 41.6 Å². The Morgan fingerprint density at radius 1 is 1.22 bits per heavy atom. The van der Waals surface area contributed by atoms with Crippen LogP contribution in [-0.2, 0) is 9.53 Å². The van der Waals surface area contributed by atoms with Crippen molar-refractivity contribution in [3.63, 3.8) is 0 Å². The van der Waals surface area contributed by atoms with Crippen molar-refractivity contribution in [2.24, 2.45) is 0 Å². The monoisotopic (exact) mass is 344 g/mol. The number of anilines is 1. The minimum atomic E-state index is -1.70. The molecular weight excluding hydrogens is 333 g/mol. The van der Waals surface area contributed by atoms with Crippen LogP contribution in [-0.4, -0.2) is 23.5 Å². The number of ether oxygens (including phenoxy) is 1. The molecular formula is C14H11F3N2O3S. The maximum Gasteiger partial charge on any atom is 0.350 e. The van der Waals surface area contributed by atoms with Crippen LogP contribution in [0.4, 0.5) is 18.9 Å². The number of benzene rings is 1. The van der Waals surface area contributed by atoms with E-state index in [1.165, 1.54) is 0 Å². The summed E-state index contributed by atoms with van der Waals surface area (Å²) >= 11 is 1.12. The van der Waals surface area contributed by atoms with Crippen molar-refractivity contribution in [2.75, 3.05) is 11.9 Å². The normalized spacial score (nSPS) is 10.5. The summed E-state index contributed by atoms with van der Waals surface area (Å²) in [6.45, 7) is 2.64. The van der Waals surface area contributed by atoms with Crippen molar-refractivity contribution >= 4 is 28.9 Å². The van der Waals surface area contributed by atoms with E-state index >= 15 is 0 Å². The molecule has 2 rings (SSSR count). The van der Waals surface area contributed by atoms with Gasteiger partial charge in [-0.15, -0.1) is 11.3 Å². The van der Waals surface area contributed by atoms with Crippen LogP contribution in [0.5, 0.6) is 0 Å². The number of thiazole rings is 1. The number of amides is 1. The van der Waals surface area contributed by atoms with Gasteiger partial charge in [-0.05, 0) is 26.0 Å². The molecule has 1 amide bonds. The molecule has 0 unspecified atom stereocenters. The van der Waals surface area contributed by atoms with Crippen molar-refractivity contribution in [2.45, 2.75) is 13.8 Å². The molecule has 122 valence electrons. The van der Waals surface area contributed by atoms with Gasteiger partial charge in [-0.1, -0.05) is 0 Å². The van der Waals surface area contributed by atoms with Gasteiger partial charge in [0, 0.05) is 0 Å². The van der Waals surface area contributed by atoms with Gasteiger partial charge in [-0.3, -0.25) is 4.79 Å². The lowest BCUT2D eigenvalue weighted by Gasteiger charge is -2.07. The van der Waals surface area contributed by atoms with Gasteiger partial charge >= 0.3 is 5.97 Å². The third-order valence-electron chi connectivity index (χ3n) is 2.73. The fourth-order valence-corrected chi connectivity index (χ4v) is 2.54. The Hall–Kier alpha value is -2.42. The quantitative estimate of drug-likeness (QED) is 0.684. The number of esters is 1. The number of rotatable bonds is 4. The molecule has 23 heavy (non-hydrogen) atoms. The highest BCUT2D eigenvalue weighted by molar-refractivity contribution is 7.13. The zero-order valence-corrected chi connectivity index (χ0v) is 12.9. The van der Waals surface area contributed by atoms with E-state index in [4.69, 9.17) is 4.74 Å². The Labute approximate surface area is 133 Å². The lowest BCUT2D eigenvalue weighted by Crippen LogP contribution is -2.21. The molecule has 2 aromatic rings. The number of nitrogens with zero attached hydrogens (tertiary/aromatic N) is 1. The maximum atomic E-state index is 13.4. The molecule has 0 saturated heterocycles. The van der Waals surface area contributed by atoms with Crippen LogP contribution >= 0.6 is 11.3 Å². The van der Waals surface area contributed by atoms with E-state index in [1.807, 2.05) is 5.32 Å². The molecule has 1 N–H and O–H groups in total. The Morgan fingerprint density at radius 2 is 1.91 bits per heavy atom. The van der Waals surface area contributed by atoms with Crippen LogP contribution < -0.4 is 5.32 Å². The summed E-state index contributed by atoms with van der Waals surface area (Å²) in [4.78, 5) is 27.7. The highest BCUT2D eigenvalue weighted by Gasteiger charge is 2.18. The van der Waals surface area contributed by atoms with Gasteiger partial charge in [0.25, 0.3) is 5.91 Å². The van der Waals surface area contributed by atoms with Crippen LogP contribution in [0.25, 0.3) is 0 Å². The third kappa shape index (κ3) is 3.86. The van der Waals surface area contributed by atoms with Crippen molar-refractivity contribution in [1.29, 1.82) is 0 Å². The molecule has 0 atom stereocenters. The first kappa shape index (κ1) is 16.9. The zero-order chi connectivity index (χ0) is 17.1. The van der Waals surface area contributed by atoms with Gasteiger partial charge in [0.05, 0.1) is 16.4 Å². The number of hydrogen-bond donors (Lipinski definition) is 1. The molecule has 0 aliphatic heterocycles. The smallest absolute Gasteiger partial charge is 0.350 e. The van der Waals surface area contributed by atoms with Crippen molar-refractivity contribution < 1.29 is 27.5 Å². The summed E-state index contributed by atoms with van der Waals surface area (Å²) in [5.74, 6) is -6.23. The van der Waals surface area contributed by atoms with Crippen LogP contribution in [0.2, 0.25) is 0 Å². The molecule has 1 aromatic carbocycles. The van der Waals surface area contributed by atoms with E-state index in [0.29, 0.717) is 16.8 Å². The molecule has 1 heterocycles.